The number of morpholine rings is 1. The van der Waals surface area contributed by atoms with Gasteiger partial charge in [-0.05, 0) is 12.8 Å². The molecule has 1 aromatic heterocycles. The van der Waals surface area contributed by atoms with Gasteiger partial charge in [-0.1, -0.05) is 6.92 Å². The van der Waals surface area contributed by atoms with E-state index in [2.05, 4.69) is 32.1 Å². The first-order valence-electron chi connectivity index (χ1n) is 8.35. The number of hydrogen-bond acceptors (Lipinski definition) is 7. The third-order valence-corrected chi connectivity index (χ3v) is 4.04. The molecule has 0 radical (unpaired) electrons. The molecule has 2 aliphatic rings. The molecule has 1 N–H and O–H groups in total. The minimum atomic E-state index is 0.189. The molecular formula is C15H24N6O2. The van der Waals surface area contributed by atoms with E-state index in [0.717, 1.165) is 44.7 Å². The summed E-state index contributed by atoms with van der Waals surface area (Å²) in [5.41, 5.74) is 0. The van der Waals surface area contributed by atoms with Gasteiger partial charge in [0.05, 0.1) is 19.9 Å². The number of carbonyl (C=O) groups is 1. The van der Waals surface area contributed by atoms with Crippen LogP contribution in [-0.2, 0) is 16.0 Å². The van der Waals surface area contributed by atoms with E-state index in [1.165, 1.54) is 0 Å². The second-order valence-corrected chi connectivity index (χ2v) is 5.82. The Labute approximate surface area is 136 Å². The summed E-state index contributed by atoms with van der Waals surface area (Å²) in [7, 11) is 0. The van der Waals surface area contributed by atoms with Gasteiger partial charge in [-0.25, -0.2) is 0 Å². The van der Waals surface area contributed by atoms with Crippen LogP contribution >= 0.6 is 0 Å². The molecule has 8 heteroatoms. The molecular weight excluding hydrogens is 296 g/mol. The number of hydrogen-bond donors (Lipinski definition) is 1. The van der Waals surface area contributed by atoms with Crippen molar-refractivity contribution in [3.8, 4) is 0 Å². The average molecular weight is 320 g/mol. The molecule has 0 unspecified atom stereocenters. The highest BCUT2D eigenvalue weighted by atomic mass is 16.5. The Bertz CT molecular complexity index is 547. The summed E-state index contributed by atoms with van der Waals surface area (Å²) in [5.74, 6) is 2.22. The van der Waals surface area contributed by atoms with Gasteiger partial charge in [0.2, 0.25) is 17.8 Å². The number of rotatable bonds is 6. The van der Waals surface area contributed by atoms with Gasteiger partial charge in [0.15, 0.2) is 0 Å². The number of ether oxygens (including phenoxy) is 1. The van der Waals surface area contributed by atoms with Crippen molar-refractivity contribution in [3.05, 3.63) is 5.82 Å². The standard InChI is InChI=1S/C15H24N6O2/c1-2-4-12-17-14(16-11-21-6-3-5-13(21)22)19-15(18-12)20-7-9-23-10-8-20/h2-11H2,1H3,(H,16,17,18,19). The zero-order valence-electron chi connectivity index (χ0n) is 13.6. The van der Waals surface area contributed by atoms with Gasteiger partial charge in [0, 0.05) is 32.5 Å². The second-order valence-electron chi connectivity index (χ2n) is 5.82. The Morgan fingerprint density at radius 3 is 2.70 bits per heavy atom. The third-order valence-electron chi connectivity index (χ3n) is 4.04. The van der Waals surface area contributed by atoms with Crippen LogP contribution in [0.1, 0.15) is 32.0 Å². The van der Waals surface area contributed by atoms with Crippen LogP contribution in [0.15, 0.2) is 0 Å². The zero-order chi connectivity index (χ0) is 16.1. The predicted molar refractivity (Wildman–Crippen MR) is 86.3 cm³/mol. The lowest BCUT2D eigenvalue weighted by atomic mass is 10.3. The molecule has 0 spiro atoms. The number of aryl methyl sites for hydroxylation is 1. The van der Waals surface area contributed by atoms with Crippen molar-refractivity contribution < 1.29 is 9.53 Å². The number of amides is 1. The molecule has 0 bridgehead atoms. The lowest BCUT2D eigenvalue weighted by Gasteiger charge is -2.27. The van der Waals surface area contributed by atoms with Crippen LogP contribution in [0.2, 0.25) is 0 Å². The molecule has 2 aliphatic heterocycles. The van der Waals surface area contributed by atoms with Crippen LogP contribution in [0.4, 0.5) is 11.9 Å². The molecule has 23 heavy (non-hydrogen) atoms. The van der Waals surface area contributed by atoms with Crippen molar-refractivity contribution in [2.75, 3.05) is 49.7 Å². The van der Waals surface area contributed by atoms with E-state index in [-0.39, 0.29) is 5.91 Å². The molecule has 1 aromatic rings. The Balaban J connectivity index is 1.72. The lowest BCUT2D eigenvalue weighted by Crippen LogP contribution is -2.38. The summed E-state index contributed by atoms with van der Waals surface area (Å²) in [5, 5.41) is 3.18. The second kappa shape index (κ2) is 7.54. The van der Waals surface area contributed by atoms with Crippen LogP contribution in [0.25, 0.3) is 0 Å². The molecule has 0 aromatic carbocycles. The molecule has 0 atom stereocenters. The predicted octanol–water partition coefficient (Wildman–Crippen LogP) is 0.652. The van der Waals surface area contributed by atoms with Gasteiger partial charge in [0.25, 0.3) is 0 Å². The maximum atomic E-state index is 11.7. The molecule has 0 saturated carbocycles. The first-order chi connectivity index (χ1) is 11.3. The molecule has 3 heterocycles. The SMILES string of the molecule is CCCc1nc(NCN2CCCC2=O)nc(N2CCOCC2)n1. The number of nitrogens with one attached hydrogen (secondary N) is 1. The van der Waals surface area contributed by atoms with E-state index in [1.54, 1.807) is 4.90 Å². The summed E-state index contributed by atoms with van der Waals surface area (Å²) in [4.78, 5) is 29.2. The van der Waals surface area contributed by atoms with Crippen molar-refractivity contribution in [2.45, 2.75) is 32.6 Å². The molecule has 1 amide bonds. The molecule has 126 valence electrons. The van der Waals surface area contributed by atoms with E-state index in [4.69, 9.17) is 4.74 Å². The van der Waals surface area contributed by atoms with Crippen LogP contribution in [-0.4, -0.2) is 65.3 Å². The highest BCUT2D eigenvalue weighted by Gasteiger charge is 2.20. The Morgan fingerprint density at radius 2 is 2.00 bits per heavy atom. The van der Waals surface area contributed by atoms with Gasteiger partial charge in [-0.3, -0.25) is 4.79 Å². The smallest absolute Gasteiger partial charge is 0.230 e. The van der Waals surface area contributed by atoms with Crippen LogP contribution in [0.5, 0.6) is 0 Å². The molecule has 0 aliphatic carbocycles. The van der Waals surface area contributed by atoms with Crippen molar-refractivity contribution in [1.29, 1.82) is 0 Å². The quantitative estimate of drug-likeness (QED) is 0.824. The maximum absolute atomic E-state index is 11.7. The van der Waals surface area contributed by atoms with E-state index in [0.29, 0.717) is 38.2 Å². The van der Waals surface area contributed by atoms with Crippen molar-refractivity contribution in [2.24, 2.45) is 0 Å². The number of anilines is 2. The summed E-state index contributed by atoms with van der Waals surface area (Å²) < 4.78 is 5.38. The van der Waals surface area contributed by atoms with Gasteiger partial charge in [-0.2, -0.15) is 15.0 Å². The van der Waals surface area contributed by atoms with Gasteiger partial charge in [-0.15, -0.1) is 0 Å². The van der Waals surface area contributed by atoms with Gasteiger partial charge < -0.3 is 19.9 Å². The fraction of sp³-hybridized carbons (Fsp3) is 0.733. The molecule has 8 nitrogen and oxygen atoms in total. The van der Waals surface area contributed by atoms with Crippen LogP contribution in [0.3, 0.4) is 0 Å². The van der Waals surface area contributed by atoms with E-state index in [9.17, 15) is 4.79 Å². The zero-order valence-corrected chi connectivity index (χ0v) is 13.6. The molecule has 2 fully saturated rings. The largest absolute Gasteiger partial charge is 0.378 e. The fourth-order valence-electron chi connectivity index (χ4n) is 2.76. The first kappa shape index (κ1) is 15.9. The van der Waals surface area contributed by atoms with E-state index in [1.807, 2.05) is 0 Å². The first-order valence-corrected chi connectivity index (χ1v) is 8.35. The van der Waals surface area contributed by atoms with Gasteiger partial charge >= 0.3 is 0 Å². The summed E-state index contributed by atoms with van der Waals surface area (Å²) >= 11 is 0. The Hall–Kier alpha value is -1.96. The van der Waals surface area contributed by atoms with Crippen molar-refractivity contribution >= 4 is 17.8 Å². The third kappa shape index (κ3) is 4.07. The highest BCUT2D eigenvalue weighted by molar-refractivity contribution is 5.78. The van der Waals surface area contributed by atoms with Crippen molar-refractivity contribution in [3.63, 3.8) is 0 Å². The molecule has 2 saturated heterocycles. The number of aromatic nitrogens is 3. The van der Waals surface area contributed by atoms with Crippen LogP contribution < -0.4 is 10.2 Å². The summed E-state index contributed by atoms with van der Waals surface area (Å²) in [6.07, 6.45) is 3.37. The number of likely N-dealkylation sites (tertiary alicyclic amines) is 1. The molecule has 3 rings (SSSR count). The summed E-state index contributed by atoms with van der Waals surface area (Å²) in [6, 6.07) is 0. The minimum absolute atomic E-state index is 0.189. The Morgan fingerprint density at radius 1 is 1.17 bits per heavy atom. The van der Waals surface area contributed by atoms with Gasteiger partial charge in [0.1, 0.15) is 5.82 Å². The maximum Gasteiger partial charge on any atom is 0.230 e. The number of carbonyl (C=O) groups excluding carboxylic acids is 1. The average Bonchev–Trinajstić information content (AvgIpc) is 2.99. The van der Waals surface area contributed by atoms with Crippen LogP contribution in [0, 0.1) is 0 Å². The number of nitrogens with zero attached hydrogens (tertiary/aromatic N) is 5. The van der Waals surface area contributed by atoms with Crippen molar-refractivity contribution in [1.82, 2.24) is 19.9 Å². The normalized spacial score (nSPS) is 18.6. The minimum Gasteiger partial charge on any atom is -0.378 e. The van der Waals surface area contributed by atoms with E-state index >= 15 is 0 Å². The topological polar surface area (TPSA) is 83.5 Å². The Kier molecular flexibility index (Phi) is 5.22. The lowest BCUT2D eigenvalue weighted by molar-refractivity contribution is -0.127. The summed E-state index contributed by atoms with van der Waals surface area (Å²) in [6.45, 7) is 6.33. The highest BCUT2D eigenvalue weighted by Crippen LogP contribution is 2.15. The monoisotopic (exact) mass is 320 g/mol. The van der Waals surface area contributed by atoms with E-state index < -0.39 is 0 Å². The fourth-order valence-corrected chi connectivity index (χ4v) is 2.76.